The third kappa shape index (κ3) is 3.66. The van der Waals surface area contributed by atoms with E-state index in [1.54, 1.807) is 61.3 Å². The van der Waals surface area contributed by atoms with Crippen molar-refractivity contribution in [1.82, 2.24) is 9.80 Å². The fourth-order valence-corrected chi connectivity index (χ4v) is 2.93. The van der Waals surface area contributed by atoms with Crippen LogP contribution in [0, 0.1) is 6.92 Å². The lowest BCUT2D eigenvalue weighted by Crippen LogP contribution is -2.50. The van der Waals surface area contributed by atoms with Crippen LogP contribution in [0.3, 0.4) is 0 Å². The molecule has 2 amide bonds. The first kappa shape index (κ1) is 17.8. The SMILES string of the molecule is COc1cc(OC)cc(C(=O)N2CCN(C(=O)c3ccc(C)o3)CC2)c1. The summed E-state index contributed by atoms with van der Waals surface area (Å²) in [7, 11) is 3.09. The van der Waals surface area contributed by atoms with E-state index in [-0.39, 0.29) is 11.8 Å². The average Bonchev–Trinajstić information content (AvgIpc) is 3.12. The predicted octanol–water partition coefficient (Wildman–Crippen LogP) is 2.20. The van der Waals surface area contributed by atoms with Crippen molar-refractivity contribution in [2.24, 2.45) is 0 Å². The average molecular weight is 358 g/mol. The molecule has 1 aromatic heterocycles. The molecular weight excluding hydrogens is 336 g/mol. The number of benzene rings is 1. The van der Waals surface area contributed by atoms with E-state index in [2.05, 4.69) is 0 Å². The van der Waals surface area contributed by atoms with Gasteiger partial charge in [0.1, 0.15) is 17.3 Å². The molecule has 0 aliphatic carbocycles. The number of aryl methyl sites for hydroxylation is 1. The van der Waals surface area contributed by atoms with Gasteiger partial charge in [0.2, 0.25) is 0 Å². The number of furan rings is 1. The van der Waals surface area contributed by atoms with Gasteiger partial charge in [0.25, 0.3) is 11.8 Å². The Labute approximate surface area is 152 Å². The highest BCUT2D eigenvalue weighted by molar-refractivity contribution is 5.95. The first-order chi connectivity index (χ1) is 12.5. The van der Waals surface area contributed by atoms with E-state index in [1.165, 1.54) is 0 Å². The Morgan fingerprint density at radius 2 is 1.42 bits per heavy atom. The Morgan fingerprint density at radius 3 is 1.88 bits per heavy atom. The smallest absolute Gasteiger partial charge is 0.289 e. The molecule has 3 rings (SSSR count). The van der Waals surface area contributed by atoms with Gasteiger partial charge in [-0.3, -0.25) is 9.59 Å². The van der Waals surface area contributed by atoms with Gasteiger partial charge in [-0.05, 0) is 31.2 Å². The zero-order valence-electron chi connectivity index (χ0n) is 15.2. The van der Waals surface area contributed by atoms with Crippen molar-refractivity contribution >= 4 is 11.8 Å². The molecule has 0 bridgehead atoms. The summed E-state index contributed by atoms with van der Waals surface area (Å²) in [6, 6.07) is 8.54. The Bertz CT molecular complexity index is 784. The molecule has 1 aliphatic heterocycles. The molecule has 0 N–H and O–H groups in total. The van der Waals surface area contributed by atoms with Crippen molar-refractivity contribution in [2.45, 2.75) is 6.92 Å². The molecule has 0 saturated carbocycles. The van der Waals surface area contributed by atoms with E-state index in [9.17, 15) is 9.59 Å². The van der Waals surface area contributed by atoms with Gasteiger partial charge in [-0.25, -0.2) is 0 Å². The number of hydrogen-bond acceptors (Lipinski definition) is 5. The van der Waals surface area contributed by atoms with Gasteiger partial charge >= 0.3 is 0 Å². The summed E-state index contributed by atoms with van der Waals surface area (Å²) in [5.41, 5.74) is 0.502. The Morgan fingerprint density at radius 1 is 0.885 bits per heavy atom. The minimum Gasteiger partial charge on any atom is -0.497 e. The number of nitrogens with zero attached hydrogens (tertiary/aromatic N) is 2. The minimum absolute atomic E-state index is 0.108. The van der Waals surface area contributed by atoms with Crippen LogP contribution in [0.1, 0.15) is 26.7 Å². The summed E-state index contributed by atoms with van der Waals surface area (Å²) in [6.07, 6.45) is 0. The number of ether oxygens (including phenoxy) is 2. The number of amides is 2. The summed E-state index contributed by atoms with van der Waals surface area (Å²) in [5.74, 6) is 1.91. The molecule has 138 valence electrons. The van der Waals surface area contributed by atoms with Crippen molar-refractivity contribution in [3.63, 3.8) is 0 Å². The predicted molar refractivity (Wildman–Crippen MR) is 94.8 cm³/mol. The van der Waals surface area contributed by atoms with Crippen molar-refractivity contribution in [1.29, 1.82) is 0 Å². The number of hydrogen-bond donors (Lipinski definition) is 0. The van der Waals surface area contributed by atoms with E-state index in [4.69, 9.17) is 13.9 Å². The Kier molecular flexibility index (Phi) is 5.16. The molecule has 1 fully saturated rings. The maximum absolute atomic E-state index is 12.8. The fourth-order valence-electron chi connectivity index (χ4n) is 2.93. The van der Waals surface area contributed by atoms with E-state index < -0.39 is 0 Å². The van der Waals surface area contributed by atoms with Crippen LogP contribution in [0.25, 0.3) is 0 Å². The third-order valence-electron chi connectivity index (χ3n) is 4.40. The van der Waals surface area contributed by atoms with Gasteiger partial charge < -0.3 is 23.7 Å². The molecule has 2 aromatic rings. The van der Waals surface area contributed by atoms with Gasteiger partial charge in [0.05, 0.1) is 14.2 Å². The van der Waals surface area contributed by atoms with E-state index in [0.29, 0.717) is 54.8 Å². The monoisotopic (exact) mass is 358 g/mol. The number of carbonyl (C=O) groups is 2. The maximum atomic E-state index is 12.8. The van der Waals surface area contributed by atoms with Crippen LogP contribution in [0.5, 0.6) is 11.5 Å². The molecule has 0 atom stereocenters. The second-order valence-electron chi connectivity index (χ2n) is 6.10. The molecule has 0 radical (unpaired) electrons. The highest BCUT2D eigenvalue weighted by Crippen LogP contribution is 2.24. The summed E-state index contributed by atoms with van der Waals surface area (Å²) < 4.78 is 15.8. The maximum Gasteiger partial charge on any atom is 0.289 e. The van der Waals surface area contributed by atoms with E-state index in [1.807, 2.05) is 0 Å². The van der Waals surface area contributed by atoms with E-state index >= 15 is 0 Å². The summed E-state index contributed by atoms with van der Waals surface area (Å²) in [5, 5.41) is 0. The second-order valence-corrected chi connectivity index (χ2v) is 6.10. The molecular formula is C19H22N2O5. The van der Waals surface area contributed by atoms with Crippen LogP contribution in [0.15, 0.2) is 34.7 Å². The van der Waals surface area contributed by atoms with Crippen LogP contribution in [0.4, 0.5) is 0 Å². The number of methoxy groups -OCH3 is 2. The zero-order chi connectivity index (χ0) is 18.7. The first-order valence-electron chi connectivity index (χ1n) is 8.40. The van der Waals surface area contributed by atoms with Crippen molar-refractivity contribution in [3.05, 3.63) is 47.4 Å². The van der Waals surface area contributed by atoms with Gasteiger partial charge in [0, 0.05) is 37.8 Å². The summed E-state index contributed by atoms with van der Waals surface area (Å²) in [4.78, 5) is 28.6. The molecule has 7 heteroatoms. The Hall–Kier alpha value is -2.96. The summed E-state index contributed by atoms with van der Waals surface area (Å²) in [6.45, 7) is 3.65. The molecule has 26 heavy (non-hydrogen) atoms. The van der Waals surface area contributed by atoms with Crippen LogP contribution in [-0.2, 0) is 0 Å². The highest BCUT2D eigenvalue weighted by Gasteiger charge is 2.27. The molecule has 0 spiro atoms. The molecule has 0 unspecified atom stereocenters. The van der Waals surface area contributed by atoms with E-state index in [0.717, 1.165) is 0 Å². The molecule has 7 nitrogen and oxygen atoms in total. The minimum atomic E-state index is -0.145. The molecule has 1 aromatic carbocycles. The largest absolute Gasteiger partial charge is 0.497 e. The standard InChI is InChI=1S/C19H22N2O5/c1-13-4-5-17(26-13)19(23)21-8-6-20(7-9-21)18(22)14-10-15(24-2)12-16(11-14)25-3/h4-5,10-12H,6-9H2,1-3H3. The lowest BCUT2D eigenvalue weighted by Gasteiger charge is -2.34. The van der Waals surface area contributed by atoms with Crippen molar-refractivity contribution < 1.29 is 23.5 Å². The zero-order valence-corrected chi connectivity index (χ0v) is 15.2. The van der Waals surface area contributed by atoms with Gasteiger partial charge in [-0.1, -0.05) is 0 Å². The van der Waals surface area contributed by atoms with Crippen LogP contribution in [0.2, 0.25) is 0 Å². The normalized spacial score (nSPS) is 14.3. The summed E-state index contributed by atoms with van der Waals surface area (Å²) >= 11 is 0. The van der Waals surface area contributed by atoms with Gasteiger partial charge in [-0.15, -0.1) is 0 Å². The van der Waals surface area contributed by atoms with Gasteiger partial charge in [-0.2, -0.15) is 0 Å². The van der Waals surface area contributed by atoms with Crippen molar-refractivity contribution in [2.75, 3.05) is 40.4 Å². The number of rotatable bonds is 4. The van der Waals surface area contributed by atoms with Crippen LogP contribution >= 0.6 is 0 Å². The molecule has 1 saturated heterocycles. The molecule has 2 heterocycles. The van der Waals surface area contributed by atoms with Crippen molar-refractivity contribution in [3.8, 4) is 11.5 Å². The molecule has 1 aliphatic rings. The lowest BCUT2D eigenvalue weighted by molar-refractivity contribution is 0.0517. The highest BCUT2D eigenvalue weighted by atomic mass is 16.5. The number of piperazine rings is 1. The van der Waals surface area contributed by atoms with Gasteiger partial charge in [0.15, 0.2) is 5.76 Å². The lowest BCUT2D eigenvalue weighted by atomic mass is 10.1. The number of carbonyl (C=O) groups excluding carboxylic acids is 2. The topological polar surface area (TPSA) is 72.2 Å². The first-order valence-corrected chi connectivity index (χ1v) is 8.40. The Balaban J connectivity index is 1.66. The third-order valence-corrected chi connectivity index (χ3v) is 4.40. The second kappa shape index (κ2) is 7.51. The quantitative estimate of drug-likeness (QED) is 0.838. The van der Waals surface area contributed by atoms with Crippen LogP contribution < -0.4 is 9.47 Å². The van der Waals surface area contributed by atoms with Crippen LogP contribution in [-0.4, -0.2) is 62.0 Å². The fraction of sp³-hybridized carbons (Fsp3) is 0.368.